The van der Waals surface area contributed by atoms with Crippen LogP contribution < -0.4 is 5.32 Å². The van der Waals surface area contributed by atoms with Crippen LogP contribution in [0.15, 0.2) is 4.52 Å². The van der Waals surface area contributed by atoms with E-state index in [1.54, 1.807) is 0 Å². The molecule has 2 unspecified atom stereocenters. The summed E-state index contributed by atoms with van der Waals surface area (Å²) in [5.74, 6) is 0.843. The van der Waals surface area contributed by atoms with Gasteiger partial charge in [-0.15, -0.1) is 0 Å². The highest BCUT2D eigenvalue weighted by Crippen LogP contribution is 2.20. The summed E-state index contributed by atoms with van der Waals surface area (Å²) in [5.41, 5.74) is 2.01. The molecule has 2 N–H and O–H groups in total. The summed E-state index contributed by atoms with van der Waals surface area (Å²) in [4.78, 5) is 2.22. The van der Waals surface area contributed by atoms with Crippen LogP contribution in [0.3, 0.4) is 0 Å². The van der Waals surface area contributed by atoms with Crippen molar-refractivity contribution in [2.45, 2.75) is 46.8 Å². The van der Waals surface area contributed by atoms with Gasteiger partial charge in [0.2, 0.25) is 0 Å². The molecule has 0 aromatic carbocycles. The molecular formula is C14H27N3O2. The van der Waals surface area contributed by atoms with Gasteiger partial charge in [-0.1, -0.05) is 19.0 Å². The Labute approximate surface area is 116 Å². The number of hydrogen-bond acceptors (Lipinski definition) is 5. The molecule has 0 aliphatic carbocycles. The van der Waals surface area contributed by atoms with Crippen molar-refractivity contribution in [2.75, 3.05) is 26.2 Å². The van der Waals surface area contributed by atoms with E-state index in [0.717, 1.165) is 30.1 Å². The quantitative estimate of drug-likeness (QED) is 0.751. The van der Waals surface area contributed by atoms with E-state index in [1.807, 2.05) is 13.8 Å². The average Bonchev–Trinajstić information content (AvgIpc) is 2.72. The van der Waals surface area contributed by atoms with Crippen LogP contribution in [0, 0.1) is 13.8 Å². The molecule has 0 radical (unpaired) electrons. The van der Waals surface area contributed by atoms with Gasteiger partial charge in [0.25, 0.3) is 0 Å². The van der Waals surface area contributed by atoms with Crippen LogP contribution in [-0.2, 0) is 0 Å². The first kappa shape index (κ1) is 16.1. The van der Waals surface area contributed by atoms with Gasteiger partial charge in [0, 0.05) is 24.7 Å². The number of aryl methyl sites for hydroxylation is 2. The Morgan fingerprint density at radius 1 is 1.32 bits per heavy atom. The zero-order chi connectivity index (χ0) is 14.4. The van der Waals surface area contributed by atoms with Crippen LogP contribution >= 0.6 is 0 Å². The van der Waals surface area contributed by atoms with E-state index in [1.165, 1.54) is 0 Å². The van der Waals surface area contributed by atoms with Gasteiger partial charge in [-0.25, -0.2) is 0 Å². The molecule has 5 heteroatoms. The van der Waals surface area contributed by atoms with E-state index in [0.29, 0.717) is 13.1 Å². The Balaban J connectivity index is 2.44. The second kappa shape index (κ2) is 7.62. The lowest BCUT2D eigenvalue weighted by Crippen LogP contribution is -2.39. The Bertz CT molecular complexity index is 355. The third-order valence-corrected chi connectivity index (χ3v) is 3.54. The highest BCUT2D eigenvalue weighted by molar-refractivity contribution is 5.24. The van der Waals surface area contributed by atoms with Crippen LogP contribution in [0.5, 0.6) is 0 Å². The van der Waals surface area contributed by atoms with Gasteiger partial charge in [-0.05, 0) is 33.9 Å². The fourth-order valence-electron chi connectivity index (χ4n) is 2.37. The maximum absolute atomic E-state index is 10.0. The second-order valence-corrected chi connectivity index (χ2v) is 5.01. The number of nitrogens with one attached hydrogen (secondary N) is 1. The van der Waals surface area contributed by atoms with Gasteiger partial charge in [0.05, 0.1) is 11.8 Å². The number of likely N-dealkylation sites (N-methyl/N-ethyl adjacent to an activating group) is 1. The topological polar surface area (TPSA) is 61.5 Å². The third kappa shape index (κ3) is 4.60. The lowest BCUT2D eigenvalue weighted by Gasteiger charge is -2.23. The summed E-state index contributed by atoms with van der Waals surface area (Å²) in [6.45, 7) is 13.3. The van der Waals surface area contributed by atoms with Gasteiger partial charge in [0.15, 0.2) is 0 Å². The van der Waals surface area contributed by atoms with E-state index >= 15 is 0 Å². The van der Waals surface area contributed by atoms with E-state index in [9.17, 15) is 5.11 Å². The zero-order valence-corrected chi connectivity index (χ0v) is 12.7. The summed E-state index contributed by atoms with van der Waals surface area (Å²) in [6, 6.07) is 0.137. The minimum atomic E-state index is -0.358. The number of hydrogen-bond donors (Lipinski definition) is 2. The predicted octanol–water partition coefficient (Wildman–Crippen LogP) is 1.64. The molecule has 0 saturated heterocycles. The molecule has 2 atom stereocenters. The monoisotopic (exact) mass is 269 g/mol. The number of nitrogens with zero attached hydrogens (tertiary/aromatic N) is 2. The van der Waals surface area contributed by atoms with Crippen molar-refractivity contribution < 1.29 is 9.63 Å². The standard InChI is InChI=1S/C14H27N3O2/c1-6-17(7-2)9-13(18)8-15-10(3)14-11(4)16-19-12(14)5/h10,13,15,18H,6-9H2,1-5H3. The van der Waals surface area contributed by atoms with Crippen molar-refractivity contribution in [3.05, 3.63) is 17.0 Å². The molecular weight excluding hydrogens is 242 g/mol. The van der Waals surface area contributed by atoms with Crippen LogP contribution in [0.2, 0.25) is 0 Å². The highest BCUT2D eigenvalue weighted by atomic mass is 16.5. The van der Waals surface area contributed by atoms with Gasteiger partial charge in [0.1, 0.15) is 5.76 Å². The Kier molecular flexibility index (Phi) is 6.48. The summed E-state index contributed by atoms with van der Waals surface area (Å²) >= 11 is 0. The average molecular weight is 269 g/mol. The predicted molar refractivity (Wildman–Crippen MR) is 76.2 cm³/mol. The Morgan fingerprint density at radius 3 is 2.42 bits per heavy atom. The third-order valence-electron chi connectivity index (χ3n) is 3.54. The molecule has 1 heterocycles. The minimum absolute atomic E-state index is 0.137. The van der Waals surface area contributed by atoms with E-state index < -0.39 is 0 Å². The highest BCUT2D eigenvalue weighted by Gasteiger charge is 2.17. The number of rotatable bonds is 8. The molecule has 110 valence electrons. The zero-order valence-electron chi connectivity index (χ0n) is 12.7. The molecule has 1 aromatic rings. The first-order valence-electron chi connectivity index (χ1n) is 7.06. The molecule has 5 nitrogen and oxygen atoms in total. The summed E-state index contributed by atoms with van der Waals surface area (Å²) in [5, 5.41) is 17.3. The number of aromatic nitrogens is 1. The van der Waals surface area contributed by atoms with Crippen molar-refractivity contribution in [3.63, 3.8) is 0 Å². The first-order valence-corrected chi connectivity index (χ1v) is 7.06. The van der Waals surface area contributed by atoms with Gasteiger partial charge in [-0.3, -0.25) is 0 Å². The normalized spacial score (nSPS) is 14.9. The van der Waals surface area contributed by atoms with Gasteiger partial charge < -0.3 is 19.8 Å². The largest absolute Gasteiger partial charge is 0.390 e. The molecule has 0 amide bonds. The van der Waals surface area contributed by atoms with Gasteiger partial charge in [-0.2, -0.15) is 0 Å². The summed E-state index contributed by atoms with van der Waals surface area (Å²) < 4.78 is 5.16. The lowest BCUT2D eigenvalue weighted by molar-refractivity contribution is 0.114. The molecule has 0 spiro atoms. The first-order chi connectivity index (χ1) is 8.99. The Hall–Kier alpha value is -0.910. The molecule has 19 heavy (non-hydrogen) atoms. The Morgan fingerprint density at radius 2 is 1.95 bits per heavy atom. The van der Waals surface area contributed by atoms with Crippen LogP contribution in [0.4, 0.5) is 0 Å². The molecule has 1 aromatic heterocycles. The van der Waals surface area contributed by atoms with Crippen molar-refractivity contribution >= 4 is 0 Å². The van der Waals surface area contributed by atoms with Crippen molar-refractivity contribution in [1.29, 1.82) is 0 Å². The van der Waals surface area contributed by atoms with Crippen LogP contribution in [-0.4, -0.2) is 47.4 Å². The van der Waals surface area contributed by atoms with E-state index in [-0.39, 0.29) is 12.1 Å². The van der Waals surface area contributed by atoms with Crippen LogP contribution in [0.1, 0.15) is 43.8 Å². The fraction of sp³-hybridized carbons (Fsp3) is 0.786. The van der Waals surface area contributed by atoms with Crippen molar-refractivity contribution in [2.24, 2.45) is 0 Å². The fourth-order valence-corrected chi connectivity index (χ4v) is 2.37. The number of aliphatic hydroxyl groups excluding tert-OH is 1. The van der Waals surface area contributed by atoms with E-state index in [4.69, 9.17) is 4.52 Å². The lowest BCUT2D eigenvalue weighted by atomic mass is 10.1. The van der Waals surface area contributed by atoms with Crippen molar-refractivity contribution in [1.82, 2.24) is 15.4 Å². The van der Waals surface area contributed by atoms with Crippen molar-refractivity contribution in [3.8, 4) is 0 Å². The maximum atomic E-state index is 10.0. The molecule has 0 aliphatic heterocycles. The minimum Gasteiger partial charge on any atom is -0.390 e. The SMILES string of the molecule is CCN(CC)CC(O)CNC(C)c1c(C)noc1C. The maximum Gasteiger partial charge on any atom is 0.138 e. The summed E-state index contributed by atoms with van der Waals surface area (Å²) in [6.07, 6.45) is -0.358. The van der Waals surface area contributed by atoms with E-state index in [2.05, 4.69) is 36.1 Å². The molecule has 0 saturated carbocycles. The number of aliphatic hydroxyl groups is 1. The van der Waals surface area contributed by atoms with Crippen LogP contribution in [0.25, 0.3) is 0 Å². The summed E-state index contributed by atoms with van der Waals surface area (Å²) in [7, 11) is 0. The molecule has 0 bridgehead atoms. The second-order valence-electron chi connectivity index (χ2n) is 5.01. The molecule has 0 aliphatic rings. The molecule has 0 fully saturated rings. The van der Waals surface area contributed by atoms with Gasteiger partial charge >= 0.3 is 0 Å². The molecule has 1 rings (SSSR count). The smallest absolute Gasteiger partial charge is 0.138 e.